The van der Waals surface area contributed by atoms with Crippen LogP contribution in [0.15, 0.2) is 43.0 Å². The van der Waals surface area contributed by atoms with Crippen molar-refractivity contribution in [1.29, 1.82) is 0 Å². The zero-order valence-electron chi connectivity index (χ0n) is 28.0. The maximum atomic E-state index is 14.3. The van der Waals surface area contributed by atoms with E-state index in [0.717, 1.165) is 42.9 Å². The van der Waals surface area contributed by atoms with Crippen LogP contribution in [-0.2, 0) is 17.7 Å². The molecule has 12 heteroatoms. The van der Waals surface area contributed by atoms with Crippen LogP contribution in [0.3, 0.4) is 0 Å². The summed E-state index contributed by atoms with van der Waals surface area (Å²) >= 11 is 0. The molecule has 0 atom stereocenters. The summed E-state index contributed by atoms with van der Waals surface area (Å²) < 4.78 is 32.5. The molecule has 1 saturated heterocycles. The van der Waals surface area contributed by atoms with Crippen molar-refractivity contribution in [3.63, 3.8) is 0 Å². The van der Waals surface area contributed by atoms with Gasteiger partial charge in [-0.05, 0) is 85.1 Å². The van der Waals surface area contributed by atoms with Gasteiger partial charge in [-0.2, -0.15) is 0 Å². The highest BCUT2D eigenvalue weighted by Gasteiger charge is 2.54. The summed E-state index contributed by atoms with van der Waals surface area (Å²) in [5, 5.41) is 0. The standard InChI is InChI=1S/C35H43FN6O5/c1-7-42(22(2)3)32(43)26-14-23(36)8-9-28(26)46-30-17-37-21-39-31(30)41-19-35(20-41)15-24(16-35)45-29-10-12-38-27-18-40(13-11-25(27)29)33(44)47-34(4,5)6/h8-10,12,14,17,21-22,24H,7,11,13,15-16,18-20H2,1-6H3. The molecule has 0 bridgehead atoms. The van der Waals surface area contributed by atoms with Gasteiger partial charge in [0.15, 0.2) is 11.6 Å². The fraction of sp³-hybridized carbons (Fsp3) is 0.514. The second-order valence-electron chi connectivity index (χ2n) is 14.0. The van der Waals surface area contributed by atoms with Crippen LogP contribution in [0.2, 0.25) is 0 Å². The molecule has 11 nitrogen and oxygen atoms in total. The third-order valence-corrected chi connectivity index (χ3v) is 8.97. The maximum Gasteiger partial charge on any atom is 0.410 e. The Morgan fingerprint density at radius 1 is 1.11 bits per heavy atom. The molecular formula is C35H43FN6O5. The second kappa shape index (κ2) is 12.6. The van der Waals surface area contributed by atoms with Gasteiger partial charge in [-0.3, -0.25) is 9.78 Å². The van der Waals surface area contributed by atoms with E-state index in [1.54, 1.807) is 22.2 Å². The van der Waals surface area contributed by atoms with Crippen molar-refractivity contribution in [2.75, 3.05) is 31.1 Å². The van der Waals surface area contributed by atoms with Gasteiger partial charge in [0.05, 0.1) is 24.0 Å². The van der Waals surface area contributed by atoms with Crippen molar-refractivity contribution in [2.24, 2.45) is 5.41 Å². The van der Waals surface area contributed by atoms with Crippen LogP contribution >= 0.6 is 0 Å². The molecule has 250 valence electrons. The van der Waals surface area contributed by atoms with Crippen LogP contribution < -0.4 is 14.4 Å². The molecule has 47 heavy (non-hydrogen) atoms. The molecule has 0 radical (unpaired) electrons. The summed E-state index contributed by atoms with van der Waals surface area (Å²) in [5.41, 5.74) is 1.62. The first-order valence-electron chi connectivity index (χ1n) is 16.3. The Hall–Kier alpha value is -4.48. The van der Waals surface area contributed by atoms with Crippen molar-refractivity contribution < 1.29 is 28.2 Å². The first kappa shape index (κ1) is 32.5. The largest absolute Gasteiger partial charge is 0.490 e. The van der Waals surface area contributed by atoms with Crippen molar-refractivity contribution in [3.05, 3.63) is 65.6 Å². The number of hydrogen-bond acceptors (Lipinski definition) is 9. The Kier molecular flexibility index (Phi) is 8.71. The van der Waals surface area contributed by atoms with Gasteiger partial charge in [0.25, 0.3) is 5.91 Å². The van der Waals surface area contributed by atoms with E-state index in [1.165, 1.54) is 24.5 Å². The molecule has 6 rings (SSSR count). The monoisotopic (exact) mass is 646 g/mol. The number of nitrogens with zero attached hydrogens (tertiary/aromatic N) is 6. The number of pyridine rings is 1. The number of halogens is 1. The first-order valence-corrected chi connectivity index (χ1v) is 16.3. The predicted octanol–water partition coefficient (Wildman–Crippen LogP) is 6.01. The molecule has 1 aliphatic carbocycles. The predicted molar refractivity (Wildman–Crippen MR) is 173 cm³/mol. The minimum Gasteiger partial charge on any atom is -0.490 e. The Balaban J connectivity index is 1.08. The number of benzene rings is 1. The first-order chi connectivity index (χ1) is 22.3. The average molecular weight is 647 g/mol. The van der Waals surface area contributed by atoms with Gasteiger partial charge in [-0.1, -0.05) is 0 Å². The fourth-order valence-electron chi connectivity index (χ4n) is 6.75. The van der Waals surface area contributed by atoms with Crippen LogP contribution in [0.5, 0.6) is 17.2 Å². The summed E-state index contributed by atoms with van der Waals surface area (Å²) in [7, 11) is 0. The molecule has 2 aliphatic heterocycles. The zero-order chi connectivity index (χ0) is 33.5. The molecule has 3 aliphatic rings. The van der Waals surface area contributed by atoms with E-state index in [4.69, 9.17) is 14.2 Å². The third kappa shape index (κ3) is 6.82. The lowest BCUT2D eigenvalue weighted by molar-refractivity contribution is -0.0351. The maximum absolute atomic E-state index is 14.3. The normalized spacial score (nSPS) is 17.1. The molecule has 4 heterocycles. The summed E-state index contributed by atoms with van der Waals surface area (Å²) in [5.74, 6) is 1.33. The number of carbonyl (C=O) groups excluding carboxylic acids is 2. The van der Waals surface area contributed by atoms with E-state index < -0.39 is 11.4 Å². The molecule has 0 unspecified atom stereocenters. The van der Waals surface area contributed by atoms with E-state index >= 15 is 0 Å². The van der Waals surface area contributed by atoms with Crippen LogP contribution in [0.25, 0.3) is 0 Å². The van der Waals surface area contributed by atoms with Crippen LogP contribution in [0.4, 0.5) is 15.0 Å². The third-order valence-electron chi connectivity index (χ3n) is 8.97. The zero-order valence-corrected chi connectivity index (χ0v) is 28.0. The summed E-state index contributed by atoms with van der Waals surface area (Å²) in [4.78, 5) is 44.6. The van der Waals surface area contributed by atoms with Crippen molar-refractivity contribution in [1.82, 2.24) is 24.8 Å². The van der Waals surface area contributed by atoms with E-state index in [0.29, 0.717) is 37.6 Å². The highest BCUT2D eigenvalue weighted by atomic mass is 19.1. The molecule has 1 spiro atoms. The number of fused-ring (bicyclic) bond motifs is 1. The quantitative estimate of drug-likeness (QED) is 0.290. The van der Waals surface area contributed by atoms with Gasteiger partial charge in [0, 0.05) is 49.4 Å². The number of amides is 2. The molecule has 3 aromatic rings. The molecule has 2 amide bonds. The molecular weight excluding hydrogens is 603 g/mol. The van der Waals surface area contributed by atoms with E-state index in [-0.39, 0.29) is 40.9 Å². The Morgan fingerprint density at radius 2 is 1.87 bits per heavy atom. The van der Waals surface area contributed by atoms with Gasteiger partial charge in [-0.15, -0.1) is 0 Å². The highest BCUT2D eigenvalue weighted by Crippen LogP contribution is 2.52. The smallest absolute Gasteiger partial charge is 0.410 e. The molecule has 2 fully saturated rings. The minimum atomic E-state index is -0.550. The van der Waals surface area contributed by atoms with E-state index in [9.17, 15) is 14.0 Å². The van der Waals surface area contributed by atoms with Crippen LogP contribution in [-0.4, -0.2) is 80.7 Å². The van der Waals surface area contributed by atoms with Crippen LogP contribution in [0.1, 0.15) is 76.0 Å². The van der Waals surface area contributed by atoms with Gasteiger partial charge >= 0.3 is 6.09 Å². The lowest BCUT2D eigenvalue weighted by Gasteiger charge is -2.59. The number of hydrogen-bond donors (Lipinski definition) is 0. The summed E-state index contributed by atoms with van der Waals surface area (Å²) in [6.45, 7) is 14.3. The van der Waals surface area contributed by atoms with Crippen molar-refractivity contribution in [3.8, 4) is 17.2 Å². The van der Waals surface area contributed by atoms with Crippen molar-refractivity contribution >= 4 is 17.8 Å². The highest BCUT2D eigenvalue weighted by molar-refractivity contribution is 5.97. The molecule has 1 aromatic carbocycles. The van der Waals surface area contributed by atoms with Gasteiger partial charge in [0.2, 0.25) is 0 Å². The number of rotatable bonds is 8. The number of anilines is 1. The van der Waals surface area contributed by atoms with Gasteiger partial charge < -0.3 is 28.9 Å². The topological polar surface area (TPSA) is 110 Å². The Labute approximate surface area is 275 Å². The van der Waals surface area contributed by atoms with Gasteiger partial charge in [-0.25, -0.2) is 19.2 Å². The van der Waals surface area contributed by atoms with E-state index in [2.05, 4.69) is 19.9 Å². The number of aromatic nitrogens is 3. The molecule has 1 saturated carbocycles. The fourth-order valence-corrected chi connectivity index (χ4v) is 6.75. The average Bonchev–Trinajstić information content (AvgIpc) is 2.98. The second-order valence-corrected chi connectivity index (χ2v) is 14.0. The lowest BCUT2D eigenvalue weighted by Crippen LogP contribution is -2.65. The Bertz CT molecular complexity index is 1650. The molecule has 0 N–H and O–H groups in total. The molecule has 2 aromatic heterocycles. The van der Waals surface area contributed by atoms with Gasteiger partial charge in [0.1, 0.15) is 35.3 Å². The Morgan fingerprint density at radius 3 is 2.57 bits per heavy atom. The summed E-state index contributed by atoms with van der Waals surface area (Å²) in [6, 6.07) is 5.85. The lowest BCUT2D eigenvalue weighted by atomic mass is 9.61. The van der Waals surface area contributed by atoms with Crippen molar-refractivity contribution in [2.45, 2.75) is 85.1 Å². The van der Waals surface area contributed by atoms with E-state index in [1.807, 2.05) is 47.6 Å². The minimum absolute atomic E-state index is 0.0507. The number of carbonyl (C=O) groups is 2. The van der Waals surface area contributed by atoms with Crippen LogP contribution in [0, 0.1) is 11.2 Å². The summed E-state index contributed by atoms with van der Waals surface area (Å²) in [6.07, 6.45) is 7.03. The number of ether oxygens (including phenoxy) is 3. The SMILES string of the molecule is CCN(C(=O)c1cc(F)ccc1Oc1cncnc1N1CC2(CC(Oc3ccnc4c3CCN(C(=O)OC(C)(C)C)C4)C2)C1)C(C)C.